The molecule has 0 radical (unpaired) electrons. The van der Waals surface area contributed by atoms with Crippen LogP contribution in [0.1, 0.15) is 0 Å². The van der Waals surface area contributed by atoms with Gasteiger partial charge in [0.1, 0.15) is 24.7 Å². The van der Waals surface area contributed by atoms with E-state index in [4.69, 9.17) is 18.9 Å². The average Bonchev–Trinajstić information content (AvgIpc) is 3.48. The van der Waals surface area contributed by atoms with E-state index in [2.05, 4.69) is 9.80 Å². The number of nitro groups is 2. The van der Waals surface area contributed by atoms with E-state index < -0.39 is 9.85 Å². The van der Waals surface area contributed by atoms with Crippen molar-refractivity contribution < 1.29 is 28.8 Å². The Hall–Kier alpha value is -3.64. The number of rotatable bonds is 2. The normalized spacial score (nSPS) is 22.2. The lowest BCUT2D eigenvalue weighted by Gasteiger charge is -2.31. The maximum absolute atomic E-state index is 10.6. The van der Waals surface area contributed by atoms with Crippen LogP contribution in [0.5, 0.6) is 11.5 Å². The van der Waals surface area contributed by atoms with Gasteiger partial charge >= 0.3 is 0 Å². The summed E-state index contributed by atoms with van der Waals surface area (Å²) in [6.45, 7) is 3.80. The highest BCUT2D eigenvalue weighted by Crippen LogP contribution is 2.39. The standard InChI is InChI=1S/2C10H10N2O4/c2*13-12(14)7-1-2-8-9(5-7)16-6-10-11(8)3-4-15-10/h2*1-2,5,10H,3-4,6H2/t2*10-/m00/s1. The second-order valence-electron chi connectivity index (χ2n) is 7.48. The van der Waals surface area contributed by atoms with E-state index in [1.807, 2.05) is 0 Å². The fourth-order valence-electron chi connectivity index (χ4n) is 4.13. The number of benzene rings is 2. The van der Waals surface area contributed by atoms with E-state index in [-0.39, 0.29) is 23.8 Å². The highest BCUT2D eigenvalue weighted by Gasteiger charge is 2.34. The van der Waals surface area contributed by atoms with Crippen LogP contribution in [-0.4, -0.2) is 61.8 Å². The van der Waals surface area contributed by atoms with Gasteiger partial charge in [-0.1, -0.05) is 0 Å². The van der Waals surface area contributed by atoms with Crippen LogP contribution in [0.4, 0.5) is 22.7 Å². The molecular formula is C20H20N4O8. The monoisotopic (exact) mass is 444 g/mol. The Morgan fingerprint density at radius 3 is 1.59 bits per heavy atom. The molecule has 0 bridgehead atoms. The zero-order valence-corrected chi connectivity index (χ0v) is 16.9. The molecule has 32 heavy (non-hydrogen) atoms. The third-order valence-corrected chi connectivity index (χ3v) is 5.67. The van der Waals surface area contributed by atoms with Gasteiger partial charge in [-0.25, -0.2) is 0 Å². The first-order valence-corrected chi connectivity index (χ1v) is 10.1. The van der Waals surface area contributed by atoms with Crippen molar-refractivity contribution in [3.63, 3.8) is 0 Å². The van der Waals surface area contributed by atoms with Crippen LogP contribution in [0, 0.1) is 20.2 Å². The number of anilines is 2. The summed E-state index contributed by atoms with van der Waals surface area (Å²) < 4.78 is 21.8. The highest BCUT2D eigenvalue weighted by molar-refractivity contribution is 5.65. The van der Waals surface area contributed by atoms with Gasteiger partial charge in [0, 0.05) is 25.2 Å². The number of ether oxygens (including phenoxy) is 4. The molecule has 0 spiro atoms. The van der Waals surface area contributed by atoms with Crippen molar-refractivity contribution in [3.8, 4) is 11.5 Å². The van der Waals surface area contributed by atoms with Crippen LogP contribution in [0.3, 0.4) is 0 Å². The van der Waals surface area contributed by atoms with Crippen molar-refractivity contribution in [2.45, 2.75) is 12.5 Å². The number of hydrogen-bond donors (Lipinski definition) is 0. The zero-order valence-electron chi connectivity index (χ0n) is 16.9. The van der Waals surface area contributed by atoms with Gasteiger partial charge in [0.05, 0.1) is 46.6 Å². The van der Waals surface area contributed by atoms with E-state index in [1.54, 1.807) is 12.1 Å². The molecular weight excluding hydrogens is 424 g/mol. The van der Waals surface area contributed by atoms with Crippen LogP contribution in [0.15, 0.2) is 36.4 Å². The fourth-order valence-corrected chi connectivity index (χ4v) is 4.13. The average molecular weight is 444 g/mol. The summed E-state index contributed by atoms with van der Waals surface area (Å²) in [6, 6.07) is 9.34. The first-order chi connectivity index (χ1) is 15.5. The molecule has 4 aliphatic heterocycles. The second kappa shape index (κ2) is 8.13. The Balaban J connectivity index is 0.000000135. The van der Waals surface area contributed by atoms with Crippen LogP contribution in [-0.2, 0) is 9.47 Å². The van der Waals surface area contributed by atoms with Crippen LogP contribution < -0.4 is 19.3 Å². The lowest BCUT2D eigenvalue weighted by Crippen LogP contribution is -2.38. The van der Waals surface area contributed by atoms with Crippen molar-refractivity contribution in [2.24, 2.45) is 0 Å². The molecule has 0 amide bonds. The first kappa shape index (κ1) is 20.3. The predicted octanol–water partition coefficient (Wildman–Crippen LogP) is 2.30. The van der Waals surface area contributed by atoms with E-state index in [0.29, 0.717) is 37.9 Å². The molecule has 12 nitrogen and oxygen atoms in total. The molecule has 0 aliphatic carbocycles. The SMILES string of the molecule is O=[N+]([O-])c1ccc2c(c1)OC[C@@H]1OCCN21.O=[N+]([O-])c1ccc2c(c1)OC[C@@H]1OCCN21. The van der Waals surface area contributed by atoms with Gasteiger partial charge in [0.15, 0.2) is 12.5 Å². The van der Waals surface area contributed by atoms with Crippen molar-refractivity contribution in [1.29, 1.82) is 0 Å². The molecule has 4 aliphatic rings. The Kier molecular flexibility index (Phi) is 5.15. The molecule has 12 heteroatoms. The number of nitrogens with zero attached hydrogens (tertiary/aromatic N) is 4. The van der Waals surface area contributed by atoms with Crippen LogP contribution in [0.2, 0.25) is 0 Å². The van der Waals surface area contributed by atoms with E-state index in [9.17, 15) is 20.2 Å². The number of fused-ring (bicyclic) bond motifs is 6. The summed E-state index contributed by atoms with van der Waals surface area (Å²) in [5, 5.41) is 21.3. The summed E-state index contributed by atoms with van der Waals surface area (Å²) in [5.41, 5.74) is 1.85. The topological polar surface area (TPSA) is 130 Å². The molecule has 0 saturated carbocycles. The molecule has 0 unspecified atom stereocenters. The van der Waals surface area contributed by atoms with Crippen LogP contribution >= 0.6 is 0 Å². The fraction of sp³-hybridized carbons (Fsp3) is 0.400. The van der Waals surface area contributed by atoms with Crippen molar-refractivity contribution in [2.75, 3.05) is 49.3 Å². The first-order valence-electron chi connectivity index (χ1n) is 10.1. The Labute approximate surface area is 182 Å². The molecule has 168 valence electrons. The molecule has 2 fully saturated rings. The lowest BCUT2D eigenvalue weighted by molar-refractivity contribution is -0.385. The van der Waals surface area contributed by atoms with Crippen LogP contribution in [0.25, 0.3) is 0 Å². The van der Waals surface area contributed by atoms with E-state index in [0.717, 1.165) is 24.5 Å². The largest absolute Gasteiger partial charge is 0.486 e. The maximum Gasteiger partial charge on any atom is 0.273 e. The molecule has 0 aromatic heterocycles. The minimum atomic E-state index is -0.420. The molecule has 4 heterocycles. The third-order valence-electron chi connectivity index (χ3n) is 5.67. The summed E-state index contributed by atoms with van der Waals surface area (Å²) >= 11 is 0. The van der Waals surface area contributed by atoms with Gasteiger partial charge in [-0.05, 0) is 12.1 Å². The highest BCUT2D eigenvalue weighted by atomic mass is 16.6. The van der Waals surface area contributed by atoms with Gasteiger partial charge in [-0.15, -0.1) is 0 Å². The van der Waals surface area contributed by atoms with Gasteiger partial charge in [-0.2, -0.15) is 0 Å². The minimum absolute atomic E-state index is 0.0473. The molecule has 6 rings (SSSR count). The number of hydrogen-bond acceptors (Lipinski definition) is 10. The quantitative estimate of drug-likeness (QED) is 0.502. The summed E-state index contributed by atoms with van der Waals surface area (Å²) in [5.74, 6) is 1.13. The second-order valence-corrected chi connectivity index (χ2v) is 7.48. The number of nitro benzene ring substituents is 2. The smallest absolute Gasteiger partial charge is 0.273 e. The Bertz CT molecular complexity index is 980. The van der Waals surface area contributed by atoms with Gasteiger partial charge < -0.3 is 28.7 Å². The molecule has 2 atom stereocenters. The van der Waals surface area contributed by atoms with E-state index in [1.165, 1.54) is 24.3 Å². The third kappa shape index (κ3) is 3.63. The molecule has 2 aromatic carbocycles. The van der Waals surface area contributed by atoms with Crippen molar-refractivity contribution >= 4 is 22.7 Å². The molecule has 2 aromatic rings. The van der Waals surface area contributed by atoms with E-state index >= 15 is 0 Å². The Morgan fingerprint density at radius 2 is 1.19 bits per heavy atom. The van der Waals surface area contributed by atoms with Crippen molar-refractivity contribution in [1.82, 2.24) is 0 Å². The van der Waals surface area contributed by atoms with Crippen molar-refractivity contribution in [3.05, 3.63) is 56.6 Å². The molecule has 0 N–H and O–H groups in total. The summed E-state index contributed by atoms with van der Waals surface area (Å²) in [4.78, 5) is 24.6. The predicted molar refractivity (Wildman–Crippen MR) is 111 cm³/mol. The van der Waals surface area contributed by atoms with Gasteiger partial charge in [0.25, 0.3) is 11.4 Å². The minimum Gasteiger partial charge on any atom is -0.486 e. The summed E-state index contributed by atoms with van der Waals surface area (Å²) in [6.07, 6.45) is -0.0945. The Morgan fingerprint density at radius 1 is 0.750 bits per heavy atom. The maximum atomic E-state index is 10.6. The zero-order chi connectivity index (χ0) is 22.2. The summed E-state index contributed by atoms with van der Waals surface area (Å²) in [7, 11) is 0. The van der Waals surface area contributed by atoms with Gasteiger partial charge in [-0.3, -0.25) is 20.2 Å². The number of non-ortho nitro benzene ring substituents is 2. The molecule has 2 saturated heterocycles. The lowest BCUT2D eigenvalue weighted by atomic mass is 10.2. The van der Waals surface area contributed by atoms with Gasteiger partial charge in [0.2, 0.25) is 0 Å².